The van der Waals surface area contributed by atoms with E-state index in [2.05, 4.69) is 10.6 Å². The van der Waals surface area contributed by atoms with Crippen LogP contribution in [0.1, 0.15) is 13.8 Å². The number of amides is 1. The predicted octanol–water partition coefficient (Wildman–Crippen LogP) is -0.750. The second-order valence-corrected chi connectivity index (χ2v) is 4.29. The molecule has 1 fully saturated rings. The van der Waals surface area contributed by atoms with Crippen LogP contribution in [0, 0.1) is 0 Å². The topological polar surface area (TPSA) is 76.4 Å². The van der Waals surface area contributed by atoms with Crippen molar-refractivity contribution in [3.05, 3.63) is 0 Å². The molecule has 15 heavy (non-hydrogen) atoms. The molecule has 0 aliphatic carbocycles. The van der Waals surface area contributed by atoms with Gasteiger partial charge in [-0.3, -0.25) is 4.79 Å². The maximum Gasteiger partial charge on any atom is 0.239 e. The summed E-state index contributed by atoms with van der Waals surface area (Å²) in [6, 6.07) is -0.230. The average Bonchev–Trinajstić information content (AvgIpc) is 2.14. The molecule has 1 atom stereocenters. The molecule has 4 N–H and O–H groups in total. The van der Waals surface area contributed by atoms with Crippen molar-refractivity contribution in [1.82, 2.24) is 10.6 Å². The lowest BCUT2D eigenvalue weighted by Gasteiger charge is -2.25. The van der Waals surface area contributed by atoms with Gasteiger partial charge in [0.15, 0.2) is 0 Å². The highest BCUT2D eigenvalue weighted by Crippen LogP contribution is 1.96. The molecule has 1 aliphatic rings. The Bertz CT molecular complexity index is 200. The smallest absolute Gasteiger partial charge is 0.239 e. The van der Waals surface area contributed by atoms with Gasteiger partial charge in [-0.25, -0.2) is 0 Å². The van der Waals surface area contributed by atoms with Crippen molar-refractivity contribution in [3.63, 3.8) is 0 Å². The molecule has 0 aromatic carbocycles. The minimum absolute atomic E-state index is 0. The lowest BCUT2D eigenvalue weighted by molar-refractivity contribution is -0.126. The van der Waals surface area contributed by atoms with Crippen molar-refractivity contribution >= 4 is 18.3 Å². The molecule has 0 unspecified atom stereocenters. The summed E-state index contributed by atoms with van der Waals surface area (Å²) >= 11 is 0. The van der Waals surface area contributed by atoms with Crippen LogP contribution < -0.4 is 16.4 Å². The molecule has 0 bridgehead atoms. The van der Waals surface area contributed by atoms with Gasteiger partial charge >= 0.3 is 0 Å². The number of nitrogens with two attached hydrogens (primary N) is 1. The first-order valence-corrected chi connectivity index (χ1v) is 4.87. The third-order valence-electron chi connectivity index (χ3n) is 1.96. The predicted molar refractivity (Wildman–Crippen MR) is 61.1 cm³/mol. The quantitative estimate of drug-likeness (QED) is 0.604. The van der Waals surface area contributed by atoms with Crippen LogP contribution in [0.15, 0.2) is 0 Å². The SMILES string of the molecule is CC(C)(N)CNC(=O)[C@H]1COCCN1.Cl. The van der Waals surface area contributed by atoms with E-state index in [1.807, 2.05) is 13.8 Å². The Kier molecular flexibility index (Phi) is 6.12. The van der Waals surface area contributed by atoms with Crippen molar-refractivity contribution in [2.75, 3.05) is 26.3 Å². The van der Waals surface area contributed by atoms with Gasteiger partial charge in [0.25, 0.3) is 0 Å². The van der Waals surface area contributed by atoms with E-state index in [1.54, 1.807) is 0 Å². The molecule has 5 nitrogen and oxygen atoms in total. The van der Waals surface area contributed by atoms with Crippen molar-refractivity contribution in [2.45, 2.75) is 25.4 Å². The third-order valence-corrected chi connectivity index (χ3v) is 1.96. The van der Waals surface area contributed by atoms with E-state index in [0.717, 1.165) is 6.54 Å². The lowest BCUT2D eigenvalue weighted by Crippen LogP contribution is -2.54. The number of hydrogen-bond acceptors (Lipinski definition) is 4. The fraction of sp³-hybridized carbons (Fsp3) is 0.889. The normalized spacial score (nSPS) is 21.7. The van der Waals surface area contributed by atoms with Crippen LogP contribution in [0.4, 0.5) is 0 Å². The van der Waals surface area contributed by atoms with Crippen LogP contribution in [0.25, 0.3) is 0 Å². The lowest BCUT2D eigenvalue weighted by atomic mass is 10.1. The molecule has 0 saturated carbocycles. The zero-order valence-electron chi connectivity index (χ0n) is 9.21. The summed E-state index contributed by atoms with van der Waals surface area (Å²) in [7, 11) is 0. The summed E-state index contributed by atoms with van der Waals surface area (Å²) in [4.78, 5) is 11.5. The molecule has 6 heteroatoms. The number of carbonyl (C=O) groups is 1. The molecule has 1 rings (SSSR count). The average molecular weight is 238 g/mol. The molecule has 0 aromatic rings. The molecular formula is C9H20ClN3O2. The van der Waals surface area contributed by atoms with Crippen molar-refractivity contribution in [3.8, 4) is 0 Å². The molecule has 1 heterocycles. The van der Waals surface area contributed by atoms with Gasteiger partial charge < -0.3 is 21.1 Å². The summed E-state index contributed by atoms with van der Waals surface area (Å²) < 4.78 is 5.18. The van der Waals surface area contributed by atoms with Crippen LogP contribution in [-0.2, 0) is 9.53 Å². The molecule has 1 aliphatic heterocycles. The van der Waals surface area contributed by atoms with Crippen LogP contribution in [0.5, 0.6) is 0 Å². The van der Waals surface area contributed by atoms with Crippen molar-refractivity contribution in [2.24, 2.45) is 5.73 Å². The van der Waals surface area contributed by atoms with Gasteiger partial charge in [-0.15, -0.1) is 12.4 Å². The second kappa shape index (κ2) is 6.27. The van der Waals surface area contributed by atoms with Gasteiger partial charge in [-0.1, -0.05) is 0 Å². The van der Waals surface area contributed by atoms with Gasteiger partial charge in [0.2, 0.25) is 5.91 Å². The van der Waals surface area contributed by atoms with Crippen LogP contribution in [0.2, 0.25) is 0 Å². The highest BCUT2D eigenvalue weighted by atomic mass is 35.5. The van der Waals surface area contributed by atoms with E-state index in [4.69, 9.17) is 10.5 Å². The summed E-state index contributed by atoms with van der Waals surface area (Å²) in [5.74, 6) is -0.0387. The fourth-order valence-electron chi connectivity index (χ4n) is 1.17. The Morgan fingerprint density at radius 2 is 2.33 bits per heavy atom. The number of carbonyl (C=O) groups excluding carboxylic acids is 1. The zero-order chi connectivity index (χ0) is 10.6. The van der Waals surface area contributed by atoms with E-state index in [0.29, 0.717) is 19.8 Å². The van der Waals surface area contributed by atoms with Gasteiger partial charge in [0.1, 0.15) is 6.04 Å². The van der Waals surface area contributed by atoms with Gasteiger partial charge in [-0.05, 0) is 13.8 Å². The van der Waals surface area contributed by atoms with Crippen LogP contribution >= 0.6 is 12.4 Å². The van der Waals surface area contributed by atoms with Crippen molar-refractivity contribution < 1.29 is 9.53 Å². The molecule has 1 saturated heterocycles. The first-order chi connectivity index (χ1) is 6.49. The standard InChI is InChI=1S/C9H19N3O2.ClH/c1-9(2,10)6-12-8(13)7-5-14-4-3-11-7;/h7,11H,3-6,10H2,1-2H3,(H,12,13);1H/t7-;/m1./s1. The number of ether oxygens (including phenoxy) is 1. The summed E-state index contributed by atoms with van der Waals surface area (Å²) in [5.41, 5.74) is 5.38. The second-order valence-electron chi connectivity index (χ2n) is 4.29. The highest BCUT2D eigenvalue weighted by molar-refractivity contribution is 5.85. The van der Waals surface area contributed by atoms with Crippen LogP contribution in [0.3, 0.4) is 0 Å². The number of hydrogen-bond donors (Lipinski definition) is 3. The van der Waals surface area contributed by atoms with E-state index < -0.39 is 0 Å². The van der Waals surface area contributed by atoms with Gasteiger partial charge in [0.05, 0.1) is 13.2 Å². The number of nitrogens with one attached hydrogen (secondary N) is 2. The molecule has 0 radical (unpaired) electrons. The minimum atomic E-state index is -0.370. The largest absolute Gasteiger partial charge is 0.378 e. The number of rotatable bonds is 3. The van der Waals surface area contributed by atoms with Crippen LogP contribution in [-0.4, -0.2) is 43.8 Å². The summed E-state index contributed by atoms with van der Waals surface area (Å²) in [5, 5.41) is 5.86. The Morgan fingerprint density at radius 1 is 1.67 bits per heavy atom. The zero-order valence-corrected chi connectivity index (χ0v) is 10.0. The van der Waals surface area contributed by atoms with E-state index in [9.17, 15) is 4.79 Å². The highest BCUT2D eigenvalue weighted by Gasteiger charge is 2.22. The first-order valence-electron chi connectivity index (χ1n) is 4.87. The van der Waals surface area contributed by atoms with Crippen molar-refractivity contribution in [1.29, 1.82) is 0 Å². The number of halogens is 1. The maximum atomic E-state index is 11.5. The fourth-order valence-corrected chi connectivity index (χ4v) is 1.17. The Labute approximate surface area is 96.5 Å². The van der Waals surface area contributed by atoms with E-state index in [-0.39, 0.29) is 29.9 Å². The monoisotopic (exact) mass is 237 g/mol. The van der Waals surface area contributed by atoms with E-state index >= 15 is 0 Å². The van der Waals surface area contributed by atoms with Gasteiger partial charge in [0, 0.05) is 18.6 Å². The molecule has 1 amide bonds. The molecular weight excluding hydrogens is 218 g/mol. The summed E-state index contributed by atoms with van der Waals surface area (Å²) in [6.07, 6.45) is 0. The van der Waals surface area contributed by atoms with E-state index in [1.165, 1.54) is 0 Å². The Balaban J connectivity index is 0.00000196. The molecule has 0 spiro atoms. The minimum Gasteiger partial charge on any atom is -0.378 e. The molecule has 0 aromatic heterocycles. The Morgan fingerprint density at radius 3 is 2.80 bits per heavy atom. The van der Waals surface area contributed by atoms with Gasteiger partial charge in [-0.2, -0.15) is 0 Å². The summed E-state index contributed by atoms with van der Waals surface area (Å²) in [6.45, 7) is 6.06. The number of morpholine rings is 1. The Hall–Kier alpha value is -0.360. The maximum absolute atomic E-state index is 11.5. The third kappa shape index (κ3) is 5.94. The molecule has 90 valence electrons. The first kappa shape index (κ1) is 14.6.